The molecule has 2 N–H and O–H groups in total. The van der Waals surface area contributed by atoms with E-state index in [0.717, 1.165) is 32.1 Å². The monoisotopic (exact) mass is 245 g/mol. The standard InChI is InChI=1S/C13H27NO3/c1-4-13(5-2,6-3)17-12(16)14-9-7-11(15)8-10-14/h11-12,15-16H,4-10H2,1-3H3. The van der Waals surface area contributed by atoms with Crippen molar-refractivity contribution in [3.05, 3.63) is 0 Å². The quantitative estimate of drug-likeness (QED) is 0.699. The number of nitrogens with zero attached hydrogens (tertiary/aromatic N) is 1. The molecule has 1 rings (SSSR count). The van der Waals surface area contributed by atoms with E-state index in [1.807, 2.05) is 4.90 Å². The van der Waals surface area contributed by atoms with Crippen LogP contribution in [0.15, 0.2) is 0 Å². The van der Waals surface area contributed by atoms with Crippen LogP contribution in [0, 0.1) is 0 Å². The molecule has 1 heterocycles. The van der Waals surface area contributed by atoms with Crippen LogP contribution in [-0.2, 0) is 4.74 Å². The van der Waals surface area contributed by atoms with Crippen LogP contribution in [0.25, 0.3) is 0 Å². The zero-order valence-electron chi connectivity index (χ0n) is 11.4. The number of ether oxygens (including phenoxy) is 1. The third-order valence-electron chi connectivity index (χ3n) is 4.10. The first-order valence-corrected chi connectivity index (χ1v) is 6.85. The Bertz CT molecular complexity index is 202. The van der Waals surface area contributed by atoms with Gasteiger partial charge in [0.1, 0.15) is 0 Å². The van der Waals surface area contributed by atoms with Crippen LogP contribution in [0.2, 0.25) is 0 Å². The molecule has 1 aliphatic heterocycles. The fourth-order valence-electron chi connectivity index (χ4n) is 2.40. The van der Waals surface area contributed by atoms with E-state index >= 15 is 0 Å². The van der Waals surface area contributed by atoms with Gasteiger partial charge < -0.3 is 14.9 Å². The highest BCUT2D eigenvalue weighted by Gasteiger charge is 2.31. The highest BCUT2D eigenvalue weighted by atomic mass is 16.6. The Balaban J connectivity index is 2.49. The van der Waals surface area contributed by atoms with Gasteiger partial charge in [-0.1, -0.05) is 20.8 Å². The molecule has 0 spiro atoms. The Morgan fingerprint density at radius 1 is 1.18 bits per heavy atom. The number of piperidine rings is 1. The zero-order valence-corrected chi connectivity index (χ0v) is 11.4. The van der Waals surface area contributed by atoms with Crippen LogP contribution >= 0.6 is 0 Å². The van der Waals surface area contributed by atoms with Crippen molar-refractivity contribution in [3.63, 3.8) is 0 Å². The van der Waals surface area contributed by atoms with Crippen molar-refractivity contribution in [2.75, 3.05) is 13.1 Å². The van der Waals surface area contributed by atoms with E-state index in [1.165, 1.54) is 0 Å². The van der Waals surface area contributed by atoms with Crippen LogP contribution in [0.1, 0.15) is 52.9 Å². The molecular weight excluding hydrogens is 218 g/mol. The molecule has 1 aliphatic rings. The summed E-state index contributed by atoms with van der Waals surface area (Å²) < 4.78 is 5.86. The van der Waals surface area contributed by atoms with Crippen LogP contribution < -0.4 is 0 Å². The maximum atomic E-state index is 10.1. The average Bonchev–Trinajstić information content (AvgIpc) is 2.37. The number of hydrogen-bond donors (Lipinski definition) is 2. The van der Waals surface area contributed by atoms with Gasteiger partial charge in [0.2, 0.25) is 6.41 Å². The van der Waals surface area contributed by atoms with E-state index < -0.39 is 6.41 Å². The zero-order chi connectivity index (χ0) is 12.9. The summed E-state index contributed by atoms with van der Waals surface area (Å²) in [5.41, 5.74) is -0.213. The number of hydrogen-bond acceptors (Lipinski definition) is 4. The van der Waals surface area contributed by atoms with Crippen molar-refractivity contribution >= 4 is 0 Å². The second-order valence-electron chi connectivity index (χ2n) is 4.95. The number of likely N-dealkylation sites (tertiary alicyclic amines) is 1. The highest BCUT2D eigenvalue weighted by Crippen LogP contribution is 2.27. The lowest BCUT2D eigenvalue weighted by atomic mass is 9.94. The van der Waals surface area contributed by atoms with Crippen LogP contribution in [0.4, 0.5) is 0 Å². The molecular formula is C13H27NO3. The summed E-state index contributed by atoms with van der Waals surface area (Å²) in [6.07, 6.45) is 3.12. The Morgan fingerprint density at radius 2 is 1.65 bits per heavy atom. The molecule has 102 valence electrons. The molecule has 0 amide bonds. The summed E-state index contributed by atoms with van der Waals surface area (Å²) in [4.78, 5) is 1.91. The van der Waals surface area contributed by atoms with Gasteiger partial charge in [-0.3, -0.25) is 4.90 Å². The van der Waals surface area contributed by atoms with E-state index in [-0.39, 0.29) is 11.7 Å². The average molecular weight is 245 g/mol. The first-order chi connectivity index (χ1) is 8.06. The minimum Gasteiger partial charge on any atom is -0.393 e. The lowest BCUT2D eigenvalue weighted by molar-refractivity contribution is -0.260. The molecule has 0 bridgehead atoms. The van der Waals surface area contributed by atoms with Crippen LogP contribution in [0.3, 0.4) is 0 Å². The summed E-state index contributed by atoms with van der Waals surface area (Å²) in [7, 11) is 0. The number of aliphatic hydroxyl groups excluding tert-OH is 2. The second-order valence-corrected chi connectivity index (χ2v) is 4.95. The van der Waals surface area contributed by atoms with Crippen molar-refractivity contribution in [3.8, 4) is 0 Å². The van der Waals surface area contributed by atoms with E-state index in [1.54, 1.807) is 0 Å². The maximum absolute atomic E-state index is 10.1. The lowest BCUT2D eigenvalue weighted by Crippen LogP contribution is -2.48. The molecule has 0 radical (unpaired) electrons. The van der Waals surface area contributed by atoms with Crippen molar-refractivity contribution in [2.45, 2.75) is 71.0 Å². The van der Waals surface area contributed by atoms with E-state index in [0.29, 0.717) is 13.1 Å². The third-order valence-corrected chi connectivity index (χ3v) is 4.10. The largest absolute Gasteiger partial charge is 0.393 e. The van der Waals surface area contributed by atoms with E-state index in [9.17, 15) is 10.2 Å². The van der Waals surface area contributed by atoms with E-state index in [2.05, 4.69) is 20.8 Å². The Hall–Kier alpha value is -0.160. The Kier molecular flexibility index (Phi) is 5.86. The molecule has 1 atom stereocenters. The molecule has 1 unspecified atom stereocenters. The molecule has 1 saturated heterocycles. The van der Waals surface area contributed by atoms with Gasteiger partial charge in [-0.15, -0.1) is 0 Å². The van der Waals surface area contributed by atoms with Gasteiger partial charge in [0.25, 0.3) is 0 Å². The minimum atomic E-state index is -0.831. The summed E-state index contributed by atoms with van der Waals surface area (Å²) in [5.74, 6) is 0. The Labute approximate surface area is 105 Å². The molecule has 0 saturated carbocycles. The summed E-state index contributed by atoms with van der Waals surface area (Å²) in [5, 5.41) is 19.5. The van der Waals surface area contributed by atoms with Gasteiger partial charge in [0.05, 0.1) is 11.7 Å². The summed E-state index contributed by atoms with van der Waals surface area (Å²) >= 11 is 0. The fraction of sp³-hybridized carbons (Fsp3) is 1.00. The fourth-order valence-corrected chi connectivity index (χ4v) is 2.40. The third kappa shape index (κ3) is 3.91. The Morgan fingerprint density at radius 3 is 2.06 bits per heavy atom. The van der Waals surface area contributed by atoms with Crippen molar-refractivity contribution in [1.82, 2.24) is 4.90 Å². The SMILES string of the molecule is CCC(CC)(CC)OC(O)N1CCC(O)CC1. The first kappa shape index (κ1) is 14.9. The second kappa shape index (κ2) is 6.69. The van der Waals surface area contributed by atoms with Crippen LogP contribution in [0.5, 0.6) is 0 Å². The van der Waals surface area contributed by atoms with Gasteiger partial charge in [-0.05, 0) is 32.1 Å². The van der Waals surface area contributed by atoms with Gasteiger partial charge in [-0.25, -0.2) is 0 Å². The van der Waals surface area contributed by atoms with Gasteiger partial charge >= 0.3 is 0 Å². The van der Waals surface area contributed by atoms with Gasteiger partial charge in [-0.2, -0.15) is 0 Å². The van der Waals surface area contributed by atoms with E-state index in [4.69, 9.17) is 4.74 Å². The molecule has 0 aliphatic carbocycles. The molecule has 4 nitrogen and oxygen atoms in total. The number of rotatable bonds is 6. The number of aliphatic hydroxyl groups is 2. The maximum Gasteiger partial charge on any atom is 0.216 e. The highest BCUT2D eigenvalue weighted by molar-refractivity contribution is 4.77. The first-order valence-electron chi connectivity index (χ1n) is 6.85. The van der Waals surface area contributed by atoms with Crippen molar-refractivity contribution in [2.24, 2.45) is 0 Å². The van der Waals surface area contributed by atoms with Crippen molar-refractivity contribution < 1.29 is 14.9 Å². The van der Waals surface area contributed by atoms with Gasteiger partial charge in [0.15, 0.2) is 0 Å². The topological polar surface area (TPSA) is 52.9 Å². The van der Waals surface area contributed by atoms with Gasteiger partial charge in [0, 0.05) is 13.1 Å². The predicted molar refractivity (Wildman–Crippen MR) is 67.5 cm³/mol. The summed E-state index contributed by atoms with van der Waals surface area (Å²) in [6, 6.07) is 0. The molecule has 4 heteroatoms. The molecule has 1 fully saturated rings. The normalized spacial score (nSPS) is 21.7. The molecule has 17 heavy (non-hydrogen) atoms. The molecule has 0 aromatic rings. The summed E-state index contributed by atoms with van der Waals surface area (Å²) in [6.45, 7) is 7.70. The smallest absolute Gasteiger partial charge is 0.216 e. The predicted octanol–water partition coefficient (Wildman–Crippen LogP) is 1.70. The molecule has 0 aromatic heterocycles. The minimum absolute atomic E-state index is 0.213. The molecule has 0 aromatic carbocycles. The van der Waals surface area contributed by atoms with Crippen LogP contribution in [-0.4, -0.2) is 46.3 Å². The lowest BCUT2D eigenvalue weighted by Gasteiger charge is -2.39. The van der Waals surface area contributed by atoms with Crippen molar-refractivity contribution in [1.29, 1.82) is 0 Å².